The molecule has 3 aromatic heterocycles. The number of nitrogen functional groups attached to an aromatic ring is 1. The first-order chi connectivity index (χ1) is 10.2. The minimum atomic E-state index is 0.650. The molecule has 4 rings (SSSR count). The quantitative estimate of drug-likeness (QED) is 0.574. The molecule has 21 heavy (non-hydrogen) atoms. The van der Waals surface area contributed by atoms with Crippen LogP contribution in [0.15, 0.2) is 5.38 Å². The Bertz CT molecular complexity index is 820. The Morgan fingerprint density at radius 3 is 2.95 bits per heavy atom. The molecule has 0 fully saturated rings. The van der Waals surface area contributed by atoms with E-state index in [1.54, 1.807) is 22.7 Å². The summed E-state index contributed by atoms with van der Waals surface area (Å²) < 4.78 is 0. The van der Waals surface area contributed by atoms with Gasteiger partial charge in [-0.3, -0.25) is 0 Å². The molecular formula is C14H15N5S2. The minimum absolute atomic E-state index is 0.650. The predicted octanol–water partition coefficient (Wildman–Crippen LogP) is 2.82. The number of hydrogen-bond acceptors (Lipinski definition) is 7. The maximum Gasteiger partial charge on any atom is 0.152 e. The molecule has 0 atom stereocenters. The van der Waals surface area contributed by atoms with Gasteiger partial charge < -0.3 is 5.43 Å². The van der Waals surface area contributed by atoms with Crippen LogP contribution in [0.2, 0.25) is 0 Å². The number of aromatic nitrogens is 3. The van der Waals surface area contributed by atoms with E-state index in [1.807, 2.05) is 6.92 Å². The van der Waals surface area contributed by atoms with E-state index >= 15 is 0 Å². The molecule has 0 aromatic carbocycles. The lowest BCUT2D eigenvalue weighted by Gasteiger charge is -2.05. The van der Waals surface area contributed by atoms with Crippen molar-refractivity contribution in [2.75, 3.05) is 5.43 Å². The van der Waals surface area contributed by atoms with Crippen LogP contribution in [0.1, 0.15) is 33.4 Å². The van der Waals surface area contributed by atoms with Crippen molar-refractivity contribution in [1.82, 2.24) is 15.0 Å². The Morgan fingerprint density at radius 1 is 1.29 bits per heavy atom. The van der Waals surface area contributed by atoms with Crippen LogP contribution >= 0.6 is 22.7 Å². The standard InChI is InChI=1S/C14H15N5S2/c1-7-16-8(6-20-7)5-11-17-13(19-15)12-9-3-2-4-10(9)21-14(12)18-11/h6H,2-5,15H2,1H3,(H,17,18,19). The molecule has 0 radical (unpaired) electrons. The van der Waals surface area contributed by atoms with E-state index in [0.717, 1.165) is 45.4 Å². The number of anilines is 1. The number of nitrogens with two attached hydrogens (primary N) is 1. The lowest BCUT2D eigenvalue weighted by atomic mass is 10.2. The maximum absolute atomic E-state index is 5.69. The Morgan fingerprint density at radius 2 is 2.19 bits per heavy atom. The van der Waals surface area contributed by atoms with E-state index in [2.05, 4.69) is 20.8 Å². The van der Waals surface area contributed by atoms with E-state index in [-0.39, 0.29) is 0 Å². The first kappa shape index (κ1) is 13.1. The smallest absolute Gasteiger partial charge is 0.152 e. The summed E-state index contributed by atoms with van der Waals surface area (Å²) in [6.07, 6.45) is 4.14. The van der Waals surface area contributed by atoms with Crippen molar-refractivity contribution >= 4 is 38.7 Å². The molecule has 1 aliphatic carbocycles. The second kappa shape index (κ2) is 5.01. The molecule has 3 heterocycles. The van der Waals surface area contributed by atoms with Gasteiger partial charge in [-0.05, 0) is 31.7 Å². The molecule has 0 amide bonds. The fourth-order valence-corrected chi connectivity index (χ4v) is 4.77. The van der Waals surface area contributed by atoms with Crippen molar-refractivity contribution in [2.24, 2.45) is 5.84 Å². The van der Waals surface area contributed by atoms with Crippen LogP contribution in [0, 0.1) is 6.92 Å². The molecule has 1 aliphatic rings. The topological polar surface area (TPSA) is 76.7 Å². The summed E-state index contributed by atoms with van der Waals surface area (Å²) >= 11 is 3.43. The summed E-state index contributed by atoms with van der Waals surface area (Å²) in [5.41, 5.74) is 5.16. The van der Waals surface area contributed by atoms with Gasteiger partial charge in [0.1, 0.15) is 10.7 Å². The van der Waals surface area contributed by atoms with Crippen LogP contribution in [0.3, 0.4) is 0 Å². The minimum Gasteiger partial charge on any atom is -0.308 e. The SMILES string of the molecule is Cc1nc(Cc2nc(NN)c3c4c(sc3n2)CCC4)cs1. The zero-order valence-corrected chi connectivity index (χ0v) is 13.3. The van der Waals surface area contributed by atoms with Crippen molar-refractivity contribution in [3.63, 3.8) is 0 Å². The van der Waals surface area contributed by atoms with E-state index in [1.165, 1.54) is 16.9 Å². The van der Waals surface area contributed by atoms with Crippen LogP contribution in [-0.2, 0) is 19.3 Å². The number of thiazole rings is 1. The monoisotopic (exact) mass is 317 g/mol. The number of fused-ring (bicyclic) bond motifs is 3. The average molecular weight is 317 g/mol. The normalized spacial score (nSPS) is 13.8. The predicted molar refractivity (Wildman–Crippen MR) is 86.9 cm³/mol. The second-order valence-corrected chi connectivity index (χ2v) is 7.35. The highest BCUT2D eigenvalue weighted by Crippen LogP contribution is 2.39. The largest absolute Gasteiger partial charge is 0.308 e. The van der Waals surface area contributed by atoms with Crippen LogP contribution in [0.5, 0.6) is 0 Å². The number of thiophene rings is 1. The van der Waals surface area contributed by atoms with Crippen molar-refractivity contribution in [1.29, 1.82) is 0 Å². The zero-order valence-electron chi connectivity index (χ0n) is 11.6. The van der Waals surface area contributed by atoms with Crippen molar-refractivity contribution < 1.29 is 0 Å². The summed E-state index contributed by atoms with van der Waals surface area (Å²) in [6, 6.07) is 0. The Balaban J connectivity index is 1.80. The van der Waals surface area contributed by atoms with E-state index in [0.29, 0.717) is 6.42 Å². The molecular weight excluding hydrogens is 302 g/mol. The van der Waals surface area contributed by atoms with Crippen LogP contribution in [0.25, 0.3) is 10.2 Å². The highest BCUT2D eigenvalue weighted by Gasteiger charge is 2.22. The number of aryl methyl sites for hydroxylation is 3. The molecule has 3 aromatic rings. The third kappa shape index (κ3) is 2.21. The summed E-state index contributed by atoms with van der Waals surface area (Å²) in [4.78, 5) is 16.3. The summed E-state index contributed by atoms with van der Waals surface area (Å²) in [5.74, 6) is 7.22. The number of nitrogens with zero attached hydrogens (tertiary/aromatic N) is 3. The van der Waals surface area contributed by atoms with Gasteiger partial charge in [-0.2, -0.15) is 0 Å². The third-order valence-corrected chi connectivity index (χ3v) is 5.76. The van der Waals surface area contributed by atoms with Gasteiger partial charge >= 0.3 is 0 Å². The van der Waals surface area contributed by atoms with Gasteiger partial charge in [0.2, 0.25) is 0 Å². The molecule has 0 spiro atoms. The van der Waals surface area contributed by atoms with Gasteiger partial charge in [0.05, 0.1) is 22.5 Å². The van der Waals surface area contributed by atoms with E-state index < -0.39 is 0 Å². The highest BCUT2D eigenvalue weighted by atomic mass is 32.1. The summed E-state index contributed by atoms with van der Waals surface area (Å²) in [5, 5.41) is 4.25. The molecule has 3 N–H and O–H groups in total. The highest BCUT2D eigenvalue weighted by molar-refractivity contribution is 7.19. The average Bonchev–Trinajstić information content (AvgIpc) is 3.13. The molecule has 0 bridgehead atoms. The molecule has 5 nitrogen and oxygen atoms in total. The lowest BCUT2D eigenvalue weighted by Crippen LogP contribution is -2.11. The number of rotatable bonds is 3. The van der Waals surface area contributed by atoms with Crippen molar-refractivity contribution in [2.45, 2.75) is 32.6 Å². The van der Waals surface area contributed by atoms with Crippen molar-refractivity contribution in [3.8, 4) is 0 Å². The van der Waals surface area contributed by atoms with Gasteiger partial charge in [-0.25, -0.2) is 20.8 Å². The molecule has 108 valence electrons. The van der Waals surface area contributed by atoms with Crippen LogP contribution in [-0.4, -0.2) is 15.0 Å². The summed E-state index contributed by atoms with van der Waals surface area (Å²) in [7, 11) is 0. The van der Waals surface area contributed by atoms with Gasteiger partial charge in [-0.15, -0.1) is 22.7 Å². The second-order valence-electron chi connectivity index (χ2n) is 5.20. The maximum atomic E-state index is 5.69. The van der Waals surface area contributed by atoms with Gasteiger partial charge in [0.25, 0.3) is 0 Å². The summed E-state index contributed by atoms with van der Waals surface area (Å²) in [6.45, 7) is 2.01. The third-order valence-electron chi connectivity index (χ3n) is 3.75. The first-order valence-electron chi connectivity index (χ1n) is 6.93. The molecule has 7 heteroatoms. The number of hydrazine groups is 1. The Kier molecular flexibility index (Phi) is 3.13. The number of hydrogen-bond donors (Lipinski definition) is 2. The molecule has 0 unspecified atom stereocenters. The zero-order chi connectivity index (χ0) is 14.4. The lowest BCUT2D eigenvalue weighted by molar-refractivity contribution is 0.915. The van der Waals surface area contributed by atoms with Gasteiger partial charge in [0, 0.05) is 10.3 Å². The fourth-order valence-electron chi connectivity index (χ4n) is 2.87. The van der Waals surface area contributed by atoms with Gasteiger partial charge in [-0.1, -0.05) is 0 Å². The van der Waals surface area contributed by atoms with Crippen LogP contribution < -0.4 is 11.3 Å². The van der Waals surface area contributed by atoms with E-state index in [9.17, 15) is 0 Å². The fraction of sp³-hybridized carbons (Fsp3) is 0.357. The Labute approximate surface area is 130 Å². The molecule has 0 saturated carbocycles. The van der Waals surface area contributed by atoms with Crippen molar-refractivity contribution in [3.05, 3.63) is 32.3 Å². The van der Waals surface area contributed by atoms with Gasteiger partial charge in [0.15, 0.2) is 5.82 Å². The Hall–Kier alpha value is -1.57. The molecule has 0 saturated heterocycles. The van der Waals surface area contributed by atoms with Crippen LogP contribution in [0.4, 0.5) is 5.82 Å². The molecule has 0 aliphatic heterocycles. The first-order valence-corrected chi connectivity index (χ1v) is 8.63. The van der Waals surface area contributed by atoms with E-state index in [4.69, 9.17) is 10.8 Å². The number of nitrogens with one attached hydrogen (secondary N) is 1.